The van der Waals surface area contributed by atoms with Crippen LogP contribution < -0.4 is 4.90 Å². The van der Waals surface area contributed by atoms with Crippen molar-refractivity contribution < 1.29 is 0 Å². The Morgan fingerprint density at radius 3 is 2.08 bits per heavy atom. The zero-order valence-corrected chi connectivity index (χ0v) is 30.2. The minimum atomic E-state index is -0.158. The summed E-state index contributed by atoms with van der Waals surface area (Å²) in [6.07, 6.45) is 12.3. The fraction of sp³-hybridized carbons (Fsp3) is 0.320. The Balaban J connectivity index is 1.10. The van der Waals surface area contributed by atoms with Gasteiger partial charge in [-0.25, -0.2) is 0 Å². The zero-order valence-electron chi connectivity index (χ0n) is 30.2. The van der Waals surface area contributed by atoms with Crippen molar-refractivity contribution in [1.29, 1.82) is 0 Å². The number of rotatable bonds is 6. The van der Waals surface area contributed by atoms with E-state index in [-0.39, 0.29) is 5.41 Å². The molecule has 0 aromatic heterocycles. The van der Waals surface area contributed by atoms with Crippen molar-refractivity contribution in [3.05, 3.63) is 150 Å². The maximum atomic E-state index is 2.60. The van der Waals surface area contributed by atoms with E-state index in [1.54, 1.807) is 5.56 Å². The molecule has 3 fully saturated rings. The zero-order chi connectivity index (χ0) is 34.1. The highest BCUT2D eigenvalue weighted by Crippen LogP contribution is 2.56. The van der Waals surface area contributed by atoms with E-state index in [1.807, 2.05) is 0 Å². The third-order valence-electron chi connectivity index (χ3n) is 13.5. The van der Waals surface area contributed by atoms with Crippen molar-refractivity contribution in [2.75, 3.05) is 4.90 Å². The van der Waals surface area contributed by atoms with Gasteiger partial charge >= 0.3 is 0 Å². The fourth-order valence-corrected chi connectivity index (χ4v) is 11.1. The van der Waals surface area contributed by atoms with E-state index in [2.05, 4.69) is 146 Å². The first-order valence-electron chi connectivity index (χ1n) is 19.8. The molecule has 0 spiro atoms. The molecule has 6 aromatic rings. The molecule has 0 amide bonds. The Labute approximate surface area is 304 Å². The van der Waals surface area contributed by atoms with Crippen LogP contribution in [-0.4, -0.2) is 0 Å². The lowest BCUT2D eigenvalue weighted by Gasteiger charge is -2.33. The molecule has 6 aromatic carbocycles. The SMILES string of the molecule is CC1(C)c2cc(N(c3ccc(C4CC5CCC4C5)cc3)c3ccccc3C3CCCCC3)ccc2-c2cccc(-c3cccc4ccccc34)c21. The van der Waals surface area contributed by atoms with Crippen molar-refractivity contribution in [3.8, 4) is 22.3 Å². The monoisotopic (exact) mass is 663 g/mol. The average molecular weight is 664 g/mol. The first kappa shape index (κ1) is 31.1. The molecule has 4 aliphatic rings. The van der Waals surface area contributed by atoms with E-state index in [4.69, 9.17) is 0 Å². The van der Waals surface area contributed by atoms with Gasteiger partial charge in [0.2, 0.25) is 0 Å². The predicted molar refractivity (Wildman–Crippen MR) is 216 cm³/mol. The molecule has 51 heavy (non-hydrogen) atoms. The predicted octanol–water partition coefficient (Wildman–Crippen LogP) is 14.2. The van der Waals surface area contributed by atoms with Crippen molar-refractivity contribution in [2.24, 2.45) is 11.8 Å². The van der Waals surface area contributed by atoms with Crippen LogP contribution in [0.2, 0.25) is 0 Å². The summed E-state index contributed by atoms with van der Waals surface area (Å²) in [6.45, 7) is 4.89. The second-order valence-corrected chi connectivity index (χ2v) is 16.7. The summed E-state index contributed by atoms with van der Waals surface area (Å²) >= 11 is 0. The molecule has 10 rings (SSSR count). The highest BCUT2D eigenvalue weighted by Gasteiger charge is 2.41. The summed E-state index contributed by atoms with van der Waals surface area (Å²) < 4.78 is 0. The van der Waals surface area contributed by atoms with Gasteiger partial charge in [-0.3, -0.25) is 0 Å². The first-order valence-corrected chi connectivity index (χ1v) is 19.8. The van der Waals surface area contributed by atoms with Crippen LogP contribution in [0, 0.1) is 11.8 Å². The van der Waals surface area contributed by atoms with Crippen molar-refractivity contribution in [2.45, 2.75) is 88.9 Å². The molecule has 254 valence electrons. The van der Waals surface area contributed by atoms with Crippen molar-refractivity contribution in [1.82, 2.24) is 0 Å². The van der Waals surface area contributed by atoms with Crippen molar-refractivity contribution >= 4 is 27.8 Å². The van der Waals surface area contributed by atoms with Gasteiger partial charge in [-0.1, -0.05) is 137 Å². The number of para-hydroxylation sites is 1. The van der Waals surface area contributed by atoms with Crippen LogP contribution in [0.15, 0.2) is 127 Å². The molecule has 0 saturated heterocycles. The Kier molecular flexibility index (Phi) is 7.49. The summed E-state index contributed by atoms with van der Waals surface area (Å²) in [5.41, 5.74) is 15.1. The fourth-order valence-electron chi connectivity index (χ4n) is 11.1. The van der Waals surface area contributed by atoms with Gasteiger partial charge in [-0.05, 0) is 141 Å². The summed E-state index contributed by atoms with van der Waals surface area (Å²) in [4.78, 5) is 2.60. The topological polar surface area (TPSA) is 3.24 Å². The largest absolute Gasteiger partial charge is 0.310 e. The maximum Gasteiger partial charge on any atom is 0.0496 e. The number of nitrogens with zero attached hydrogens (tertiary/aromatic N) is 1. The standard InChI is InChI=1S/C50H49N/c1-50(2)47-32-39(28-29-43(47)45-20-11-19-44(49(45)50)42-18-10-15-34-14-6-7-16-40(34)42)51(48-21-9-8-17-41(48)35-12-4-3-5-13-35)38-26-24-36(25-27-38)46-31-33-22-23-37(46)30-33/h6-11,14-21,24-29,32-33,35,37,46H,3-5,12-13,22-23,30-31H2,1-2H3. The molecule has 3 atom stereocenters. The highest BCUT2D eigenvalue weighted by atomic mass is 15.1. The van der Waals surface area contributed by atoms with E-state index >= 15 is 0 Å². The number of benzene rings is 6. The van der Waals surface area contributed by atoms with Gasteiger partial charge in [0.15, 0.2) is 0 Å². The van der Waals surface area contributed by atoms with Crippen LogP contribution in [0.25, 0.3) is 33.0 Å². The molecule has 1 nitrogen and oxygen atoms in total. The number of hydrogen-bond acceptors (Lipinski definition) is 1. The van der Waals surface area contributed by atoms with E-state index in [1.165, 1.54) is 125 Å². The van der Waals surface area contributed by atoms with Crippen LogP contribution >= 0.6 is 0 Å². The van der Waals surface area contributed by atoms with Gasteiger partial charge in [0.1, 0.15) is 0 Å². The van der Waals surface area contributed by atoms with Crippen LogP contribution in [0.3, 0.4) is 0 Å². The average Bonchev–Trinajstić information content (AvgIpc) is 3.88. The van der Waals surface area contributed by atoms with Crippen LogP contribution in [0.5, 0.6) is 0 Å². The molecule has 0 radical (unpaired) electrons. The van der Waals surface area contributed by atoms with Gasteiger partial charge < -0.3 is 4.90 Å². The van der Waals surface area contributed by atoms with Crippen molar-refractivity contribution in [3.63, 3.8) is 0 Å². The first-order chi connectivity index (χ1) is 25.0. The molecular weight excluding hydrogens is 615 g/mol. The minimum absolute atomic E-state index is 0.158. The second kappa shape index (κ2) is 12.3. The van der Waals surface area contributed by atoms with Gasteiger partial charge in [-0.2, -0.15) is 0 Å². The molecule has 3 saturated carbocycles. The number of anilines is 3. The summed E-state index contributed by atoms with van der Waals surface area (Å²) in [5, 5.41) is 2.61. The third kappa shape index (κ3) is 5.10. The maximum absolute atomic E-state index is 2.60. The van der Waals surface area contributed by atoms with Gasteiger partial charge in [-0.15, -0.1) is 0 Å². The second-order valence-electron chi connectivity index (χ2n) is 16.7. The van der Waals surface area contributed by atoms with Gasteiger partial charge in [0.05, 0.1) is 0 Å². The lowest BCUT2D eigenvalue weighted by molar-refractivity contribution is 0.420. The van der Waals surface area contributed by atoms with E-state index in [0.717, 1.165) is 17.8 Å². The van der Waals surface area contributed by atoms with Gasteiger partial charge in [0.25, 0.3) is 0 Å². The smallest absolute Gasteiger partial charge is 0.0496 e. The van der Waals surface area contributed by atoms with E-state index < -0.39 is 0 Å². The Morgan fingerprint density at radius 1 is 0.569 bits per heavy atom. The molecule has 3 unspecified atom stereocenters. The molecule has 0 heterocycles. The number of fused-ring (bicyclic) bond motifs is 6. The van der Waals surface area contributed by atoms with E-state index in [9.17, 15) is 0 Å². The molecule has 4 aliphatic carbocycles. The van der Waals surface area contributed by atoms with Crippen LogP contribution in [-0.2, 0) is 5.41 Å². The molecule has 2 bridgehead atoms. The quantitative estimate of drug-likeness (QED) is 0.171. The Bertz CT molecular complexity index is 2250. The lowest BCUT2D eigenvalue weighted by atomic mass is 9.78. The Morgan fingerprint density at radius 2 is 1.27 bits per heavy atom. The van der Waals surface area contributed by atoms with E-state index in [0.29, 0.717) is 5.92 Å². The normalized spacial score (nSPS) is 21.9. The number of hydrogen-bond donors (Lipinski definition) is 0. The summed E-state index contributed by atoms with van der Waals surface area (Å²) in [6, 6.07) is 49.0. The van der Waals surface area contributed by atoms with Crippen LogP contribution in [0.1, 0.15) is 106 Å². The lowest BCUT2D eigenvalue weighted by Crippen LogP contribution is -2.18. The van der Waals surface area contributed by atoms with Gasteiger partial charge in [0, 0.05) is 22.5 Å². The molecule has 0 aliphatic heterocycles. The van der Waals surface area contributed by atoms with Crippen LogP contribution in [0.4, 0.5) is 17.1 Å². The minimum Gasteiger partial charge on any atom is -0.310 e. The Hall–Kier alpha value is -4.62. The third-order valence-corrected chi connectivity index (χ3v) is 13.5. The molecule has 0 N–H and O–H groups in total. The molecule has 1 heteroatoms. The highest BCUT2D eigenvalue weighted by molar-refractivity contribution is 6.00. The summed E-state index contributed by atoms with van der Waals surface area (Å²) in [7, 11) is 0. The summed E-state index contributed by atoms with van der Waals surface area (Å²) in [5.74, 6) is 3.21. The molecular formula is C50H49N.